The van der Waals surface area contributed by atoms with Crippen molar-refractivity contribution in [3.8, 4) is 12.1 Å². The summed E-state index contributed by atoms with van der Waals surface area (Å²) in [6.45, 7) is 0. The van der Waals surface area contributed by atoms with Gasteiger partial charge in [-0.05, 0) is 11.6 Å². The number of nitrogens with zero attached hydrogens (tertiary/aromatic N) is 3. The summed E-state index contributed by atoms with van der Waals surface area (Å²) in [7, 11) is 0. The van der Waals surface area contributed by atoms with Crippen LogP contribution < -0.4 is 4.74 Å². The fraction of sp³-hybridized carbons (Fsp3) is 0. The molecule has 1 rings (SSSR count). The minimum Gasteiger partial charge on any atom is -0.367 e. The molecule has 0 N–H and O–H groups in total. The molecule has 0 saturated heterocycles. The van der Waals surface area contributed by atoms with Gasteiger partial charge in [-0.3, -0.25) is 0 Å². The molecule has 1 aromatic rings. The number of ether oxygens (including phenoxy) is 1. The Morgan fingerprint density at radius 1 is 1.70 bits per heavy atom. The van der Waals surface area contributed by atoms with Gasteiger partial charge in [0, 0.05) is 12.3 Å². The Hall–Kier alpha value is -1.34. The Bertz CT molecular complexity index is 270. The van der Waals surface area contributed by atoms with Crippen LogP contribution in [0.2, 0.25) is 5.28 Å². The molecule has 10 heavy (non-hydrogen) atoms. The lowest BCUT2D eigenvalue weighted by atomic mass is 10.6. The van der Waals surface area contributed by atoms with E-state index in [2.05, 4.69) is 14.7 Å². The number of rotatable bonds is 1. The van der Waals surface area contributed by atoms with Crippen LogP contribution in [-0.4, -0.2) is 9.97 Å². The molecule has 0 amide bonds. The van der Waals surface area contributed by atoms with E-state index in [9.17, 15) is 0 Å². The van der Waals surface area contributed by atoms with E-state index in [0.717, 1.165) is 0 Å². The van der Waals surface area contributed by atoms with Gasteiger partial charge in [0.25, 0.3) is 6.26 Å². The molecule has 0 aliphatic carbocycles. The lowest BCUT2D eigenvalue weighted by molar-refractivity contribution is 0.484. The molecule has 1 heterocycles. The maximum Gasteiger partial charge on any atom is 0.293 e. The van der Waals surface area contributed by atoms with Crippen LogP contribution in [0.5, 0.6) is 5.88 Å². The van der Waals surface area contributed by atoms with E-state index in [-0.39, 0.29) is 11.2 Å². The molecule has 0 fully saturated rings. The molecule has 0 radical (unpaired) electrons. The third kappa shape index (κ3) is 1.57. The molecule has 0 aromatic carbocycles. The topological polar surface area (TPSA) is 58.8 Å². The predicted molar refractivity (Wildman–Crippen MR) is 33.3 cm³/mol. The van der Waals surface area contributed by atoms with Crippen LogP contribution in [0.4, 0.5) is 0 Å². The molecule has 0 aliphatic heterocycles. The van der Waals surface area contributed by atoms with Crippen molar-refractivity contribution in [2.24, 2.45) is 0 Å². The molecule has 4 nitrogen and oxygen atoms in total. The van der Waals surface area contributed by atoms with E-state index < -0.39 is 0 Å². The van der Waals surface area contributed by atoms with Crippen molar-refractivity contribution in [3.63, 3.8) is 0 Å². The molecule has 0 aliphatic rings. The van der Waals surface area contributed by atoms with Crippen molar-refractivity contribution in [2.45, 2.75) is 0 Å². The van der Waals surface area contributed by atoms with Gasteiger partial charge in [0.15, 0.2) is 0 Å². The molecule has 0 spiro atoms. The smallest absolute Gasteiger partial charge is 0.293 e. The van der Waals surface area contributed by atoms with Crippen LogP contribution in [0, 0.1) is 11.5 Å². The van der Waals surface area contributed by atoms with E-state index in [4.69, 9.17) is 16.9 Å². The van der Waals surface area contributed by atoms with Crippen molar-refractivity contribution < 1.29 is 4.74 Å². The third-order valence-electron chi connectivity index (χ3n) is 0.751. The Morgan fingerprint density at radius 3 is 3.10 bits per heavy atom. The number of hydrogen-bond donors (Lipinski definition) is 0. The predicted octanol–water partition coefficient (Wildman–Crippen LogP) is 0.990. The van der Waals surface area contributed by atoms with Crippen LogP contribution in [0.25, 0.3) is 0 Å². The van der Waals surface area contributed by atoms with E-state index in [1.807, 2.05) is 0 Å². The van der Waals surface area contributed by atoms with Gasteiger partial charge in [0.1, 0.15) is 0 Å². The second-order valence-corrected chi connectivity index (χ2v) is 1.70. The van der Waals surface area contributed by atoms with E-state index in [1.54, 1.807) is 0 Å². The summed E-state index contributed by atoms with van der Waals surface area (Å²) in [5.74, 6) is 0.155. The molecule has 5 heteroatoms. The first kappa shape index (κ1) is 6.78. The first-order valence-electron chi connectivity index (χ1n) is 2.37. The highest BCUT2D eigenvalue weighted by Gasteiger charge is 1.94. The molecule has 1 aromatic heterocycles. The van der Waals surface area contributed by atoms with Gasteiger partial charge < -0.3 is 4.74 Å². The molecule has 0 saturated carbocycles. The molecular weight excluding hydrogens is 154 g/mol. The summed E-state index contributed by atoms with van der Waals surface area (Å²) in [5, 5.41) is 8.10. The van der Waals surface area contributed by atoms with Crippen molar-refractivity contribution in [3.05, 3.63) is 17.5 Å². The average Bonchev–Trinajstić information content (AvgIpc) is 1.88. The van der Waals surface area contributed by atoms with Gasteiger partial charge in [-0.15, -0.1) is 5.26 Å². The fourth-order valence-corrected chi connectivity index (χ4v) is 0.563. The first-order chi connectivity index (χ1) is 4.83. The maximum absolute atomic E-state index is 8.03. The summed E-state index contributed by atoms with van der Waals surface area (Å²) in [5.41, 5.74) is 0. The highest BCUT2D eigenvalue weighted by molar-refractivity contribution is 6.28. The van der Waals surface area contributed by atoms with Crippen LogP contribution in [0.15, 0.2) is 12.3 Å². The first-order valence-corrected chi connectivity index (χ1v) is 2.75. The van der Waals surface area contributed by atoms with E-state index >= 15 is 0 Å². The van der Waals surface area contributed by atoms with Gasteiger partial charge in [0.2, 0.25) is 11.2 Å². The number of aromatic nitrogens is 2. The molecular formula is C5H2ClN3O. The van der Waals surface area contributed by atoms with Crippen LogP contribution in [0.3, 0.4) is 0 Å². The maximum atomic E-state index is 8.03. The Morgan fingerprint density at radius 2 is 2.50 bits per heavy atom. The summed E-state index contributed by atoms with van der Waals surface area (Å²) in [4.78, 5) is 7.16. The fourth-order valence-electron chi connectivity index (χ4n) is 0.423. The zero-order valence-electron chi connectivity index (χ0n) is 4.78. The second-order valence-electron chi connectivity index (χ2n) is 1.36. The number of halogens is 1. The number of nitriles is 1. The average molecular weight is 156 g/mol. The summed E-state index contributed by atoms with van der Waals surface area (Å²) in [6, 6.07) is 1.44. The van der Waals surface area contributed by atoms with Crippen LogP contribution in [0.1, 0.15) is 0 Å². The Balaban J connectivity index is 2.87. The lowest BCUT2D eigenvalue weighted by Crippen LogP contribution is -1.87. The lowest BCUT2D eigenvalue weighted by Gasteiger charge is -1.91. The SMILES string of the molecule is N#COc1ccnc(Cl)n1. The highest BCUT2D eigenvalue weighted by atomic mass is 35.5. The Kier molecular flexibility index (Phi) is 2.03. The molecule has 0 bridgehead atoms. The quantitative estimate of drug-likeness (QED) is 0.448. The molecule has 0 atom stereocenters. The van der Waals surface area contributed by atoms with Gasteiger partial charge in [-0.25, -0.2) is 4.98 Å². The number of hydrogen-bond acceptors (Lipinski definition) is 4. The summed E-state index contributed by atoms with van der Waals surface area (Å²) in [6.07, 6.45) is 2.87. The monoisotopic (exact) mass is 155 g/mol. The van der Waals surface area contributed by atoms with Gasteiger partial charge in [-0.1, -0.05) is 0 Å². The van der Waals surface area contributed by atoms with E-state index in [0.29, 0.717) is 0 Å². The zero-order valence-corrected chi connectivity index (χ0v) is 5.54. The minimum absolute atomic E-state index is 0.0627. The van der Waals surface area contributed by atoms with E-state index in [1.165, 1.54) is 18.5 Å². The molecule has 0 unspecified atom stereocenters. The third-order valence-corrected chi connectivity index (χ3v) is 0.933. The molecule has 50 valence electrons. The second kappa shape index (κ2) is 2.99. The largest absolute Gasteiger partial charge is 0.367 e. The van der Waals surface area contributed by atoms with Crippen LogP contribution >= 0.6 is 11.6 Å². The summed E-state index contributed by atoms with van der Waals surface area (Å²) >= 11 is 5.37. The standard InChI is InChI=1S/C5H2ClN3O/c6-5-8-2-1-4(9-5)10-3-7/h1-2H. The summed E-state index contributed by atoms with van der Waals surface area (Å²) < 4.78 is 4.36. The van der Waals surface area contributed by atoms with Crippen molar-refractivity contribution in [1.82, 2.24) is 9.97 Å². The van der Waals surface area contributed by atoms with Gasteiger partial charge >= 0.3 is 0 Å². The normalized spacial score (nSPS) is 8.40. The highest BCUT2D eigenvalue weighted by Crippen LogP contribution is 2.06. The van der Waals surface area contributed by atoms with Crippen molar-refractivity contribution >= 4 is 11.6 Å². The van der Waals surface area contributed by atoms with Gasteiger partial charge in [0.05, 0.1) is 0 Å². The van der Waals surface area contributed by atoms with Crippen LogP contribution in [-0.2, 0) is 0 Å². The van der Waals surface area contributed by atoms with Crippen molar-refractivity contribution in [2.75, 3.05) is 0 Å². The Labute approximate surface area is 62.0 Å². The van der Waals surface area contributed by atoms with Gasteiger partial charge in [-0.2, -0.15) is 4.98 Å². The zero-order chi connectivity index (χ0) is 7.40. The minimum atomic E-state index is 0.0627. The van der Waals surface area contributed by atoms with Crippen molar-refractivity contribution in [1.29, 1.82) is 5.26 Å².